The molecule has 0 aliphatic rings. The first-order valence-electron chi connectivity index (χ1n) is 8.89. The highest BCUT2D eigenvalue weighted by Gasteiger charge is 2.16. The van der Waals surface area contributed by atoms with Crippen LogP contribution in [0.5, 0.6) is 0 Å². The summed E-state index contributed by atoms with van der Waals surface area (Å²) in [5.74, 6) is -0.437. The van der Waals surface area contributed by atoms with Crippen molar-refractivity contribution in [3.05, 3.63) is 51.7 Å². The third-order valence-corrected chi connectivity index (χ3v) is 4.46. The normalized spacial score (nSPS) is 11.0. The number of aromatic nitrogens is 6. The number of amides is 1. The summed E-state index contributed by atoms with van der Waals surface area (Å²) in [7, 11) is 0. The number of rotatable bonds is 8. The summed E-state index contributed by atoms with van der Waals surface area (Å²) in [5, 5.41) is 26.0. The summed E-state index contributed by atoms with van der Waals surface area (Å²) in [6.07, 6.45) is 5.31. The van der Waals surface area contributed by atoms with E-state index in [1.54, 1.807) is 24.0 Å². The zero-order chi connectivity index (χ0) is 20.3. The van der Waals surface area contributed by atoms with Crippen LogP contribution in [0.3, 0.4) is 0 Å². The fourth-order valence-corrected chi connectivity index (χ4v) is 2.89. The highest BCUT2D eigenvalue weighted by Crippen LogP contribution is 2.13. The first kappa shape index (κ1) is 19.3. The molecule has 0 fully saturated rings. The largest absolute Gasteiger partial charge is 0.390 e. The van der Waals surface area contributed by atoms with Crippen molar-refractivity contribution in [3.63, 3.8) is 0 Å². The van der Waals surface area contributed by atoms with Gasteiger partial charge in [0.15, 0.2) is 0 Å². The Labute approximate surface area is 161 Å². The van der Waals surface area contributed by atoms with Gasteiger partial charge in [-0.3, -0.25) is 14.2 Å². The van der Waals surface area contributed by atoms with Gasteiger partial charge in [-0.05, 0) is 25.7 Å². The van der Waals surface area contributed by atoms with E-state index in [0.717, 1.165) is 17.8 Å². The van der Waals surface area contributed by atoms with Gasteiger partial charge in [-0.1, -0.05) is 0 Å². The number of nitro groups is 1. The SMILES string of the molecule is CCn1ncc(Cn2cc(NC(=O)CCn3nc([N+](=O)[O-])cc3C)cn2)c1C. The number of aryl methyl sites for hydroxylation is 3. The molecular weight excluding hydrogens is 364 g/mol. The minimum Gasteiger partial charge on any atom is -0.358 e. The van der Waals surface area contributed by atoms with Crippen LogP contribution in [0.15, 0.2) is 24.7 Å². The molecule has 3 heterocycles. The highest BCUT2D eigenvalue weighted by atomic mass is 16.6. The number of anilines is 1. The minimum atomic E-state index is -0.552. The number of hydrogen-bond donors (Lipinski definition) is 1. The van der Waals surface area contributed by atoms with E-state index >= 15 is 0 Å². The molecule has 28 heavy (non-hydrogen) atoms. The summed E-state index contributed by atoms with van der Waals surface area (Å²) in [6.45, 7) is 7.40. The van der Waals surface area contributed by atoms with Crippen molar-refractivity contribution in [1.82, 2.24) is 29.3 Å². The van der Waals surface area contributed by atoms with E-state index in [1.807, 2.05) is 24.7 Å². The molecule has 0 radical (unpaired) electrons. The second kappa shape index (κ2) is 8.03. The maximum absolute atomic E-state index is 12.2. The molecule has 3 aromatic heterocycles. The second-order valence-corrected chi connectivity index (χ2v) is 6.42. The molecule has 0 bridgehead atoms. The molecule has 0 aliphatic heterocycles. The van der Waals surface area contributed by atoms with Crippen molar-refractivity contribution in [2.45, 2.75) is 46.8 Å². The molecule has 0 atom stereocenters. The van der Waals surface area contributed by atoms with Gasteiger partial charge in [0, 0.05) is 30.4 Å². The third kappa shape index (κ3) is 4.24. The summed E-state index contributed by atoms with van der Waals surface area (Å²) in [6, 6.07) is 1.38. The van der Waals surface area contributed by atoms with Crippen LogP contribution in [0.4, 0.5) is 11.5 Å². The van der Waals surface area contributed by atoms with Gasteiger partial charge in [-0.2, -0.15) is 14.9 Å². The summed E-state index contributed by atoms with van der Waals surface area (Å²) >= 11 is 0. The fourth-order valence-electron chi connectivity index (χ4n) is 2.89. The Balaban J connectivity index is 1.55. The van der Waals surface area contributed by atoms with Crippen LogP contribution in [0, 0.1) is 24.0 Å². The van der Waals surface area contributed by atoms with E-state index in [4.69, 9.17) is 0 Å². The van der Waals surface area contributed by atoms with Gasteiger partial charge in [0.25, 0.3) is 0 Å². The molecule has 1 N–H and O–H groups in total. The lowest BCUT2D eigenvalue weighted by molar-refractivity contribution is -0.389. The molecule has 0 unspecified atom stereocenters. The fraction of sp³-hybridized carbons (Fsp3) is 0.412. The number of carbonyl (C=O) groups excluding carboxylic acids is 1. The molecule has 11 nitrogen and oxygen atoms in total. The van der Waals surface area contributed by atoms with Gasteiger partial charge in [0.1, 0.15) is 0 Å². The zero-order valence-electron chi connectivity index (χ0n) is 16.0. The van der Waals surface area contributed by atoms with Gasteiger partial charge < -0.3 is 15.4 Å². The van der Waals surface area contributed by atoms with Crippen LogP contribution in [-0.2, 0) is 24.4 Å². The summed E-state index contributed by atoms with van der Waals surface area (Å²) in [5.41, 5.74) is 3.38. The Bertz CT molecular complexity index is 1000. The number of nitrogens with zero attached hydrogens (tertiary/aromatic N) is 7. The van der Waals surface area contributed by atoms with Crippen molar-refractivity contribution < 1.29 is 9.72 Å². The van der Waals surface area contributed by atoms with Gasteiger partial charge in [-0.15, -0.1) is 0 Å². The van der Waals surface area contributed by atoms with Crippen molar-refractivity contribution in [3.8, 4) is 0 Å². The van der Waals surface area contributed by atoms with E-state index in [0.29, 0.717) is 17.9 Å². The van der Waals surface area contributed by atoms with Crippen molar-refractivity contribution >= 4 is 17.4 Å². The van der Waals surface area contributed by atoms with E-state index in [9.17, 15) is 14.9 Å². The van der Waals surface area contributed by atoms with Gasteiger partial charge in [0.05, 0.1) is 48.0 Å². The predicted molar refractivity (Wildman–Crippen MR) is 101 cm³/mol. The van der Waals surface area contributed by atoms with Crippen LogP contribution >= 0.6 is 0 Å². The molecule has 0 spiro atoms. The Morgan fingerprint density at radius 2 is 2.04 bits per heavy atom. The third-order valence-electron chi connectivity index (χ3n) is 4.46. The Hall–Kier alpha value is -3.50. The van der Waals surface area contributed by atoms with Crippen LogP contribution in [0.2, 0.25) is 0 Å². The second-order valence-electron chi connectivity index (χ2n) is 6.42. The van der Waals surface area contributed by atoms with Gasteiger partial charge >= 0.3 is 5.82 Å². The van der Waals surface area contributed by atoms with Crippen LogP contribution < -0.4 is 5.32 Å². The minimum absolute atomic E-state index is 0.146. The highest BCUT2D eigenvalue weighted by molar-refractivity contribution is 5.90. The lowest BCUT2D eigenvalue weighted by Crippen LogP contribution is -2.15. The van der Waals surface area contributed by atoms with Crippen molar-refractivity contribution in [1.29, 1.82) is 0 Å². The monoisotopic (exact) mass is 386 g/mol. The quantitative estimate of drug-likeness (QED) is 0.465. The maximum atomic E-state index is 12.2. The van der Waals surface area contributed by atoms with Gasteiger partial charge in [0.2, 0.25) is 5.91 Å². The Morgan fingerprint density at radius 3 is 2.68 bits per heavy atom. The number of carbonyl (C=O) groups is 1. The van der Waals surface area contributed by atoms with E-state index in [1.165, 1.54) is 10.7 Å². The standard InChI is InChI=1S/C17H22N8O3/c1-4-23-13(3)14(8-19-23)10-22-11-15(9-18-22)20-17(26)5-6-24-12(2)7-16(21-24)25(27)28/h7-9,11H,4-6,10H2,1-3H3,(H,20,26). The van der Waals surface area contributed by atoms with Crippen LogP contribution in [0.1, 0.15) is 30.3 Å². The smallest absolute Gasteiger partial charge is 0.358 e. The maximum Gasteiger partial charge on any atom is 0.390 e. The van der Waals surface area contributed by atoms with Crippen LogP contribution in [0.25, 0.3) is 0 Å². The molecule has 3 rings (SSSR count). The first-order valence-corrected chi connectivity index (χ1v) is 8.89. The Morgan fingerprint density at radius 1 is 1.25 bits per heavy atom. The number of hydrogen-bond acceptors (Lipinski definition) is 6. The average Bonchev–Trinajstić information content (AvgIpc) is 3.34. The molecule has 0 saturated heterocycles. The molecule has 0 saturated carbocycles. The topological polar surface area (TPSA) is 126 Å². The molecule has 0 aromatic carbocycles. The summed E-state index contributed by atoms with van der Waals surface area (Å²) in [4.78, 5) is 22.4. The number of nitrogens with one attached hydrogen (secondary N) is 1. The van der Waals surface area contributed by atoms with Crippen molar-refractivity contribution in [2.75, 3.05) is 5.32 Å². The molecule has 0 aliphatic carbocycles. The molecule has 3 aromatic rings. The predicted octanol–water partition coefficient (Wildman–Crippen LogP) is 1.90. The van der Waals surface area contributed by atoms with E-state index < -0.39 is 4.92 Å². The van der Waals surface area contributed by atoms with Crippen LogP contribution in [-0.4, -0.2) is 40.2 Å². The lowest BCUT2D eigenvalue weighted by Gasteiger charge is -2.03. The average molecular weight is 386 g/mol. The van der Waals surface area contributed by atoms with E-state index in [2.05, 4.69) is 20.6 Å². The summed E-state index contributed by atoms with van der Waals surface area (Å²) < 4.78 is 5.11. The lowest BCUT2D eigenvalue weighted by atomic mass is 10.2. The Kier molecular flexibility index (Phi) is 5.52. The van der Waals surface area contributed by atoms with Gasteiger partial charge in [-0.25, -0.2) is 0 Å². The molecular formula is C17H22N8O3. The molecule has 11 heteroatoms. The van der Waals surface area contributed by atoms with E-state index in [-0.39, 0.29) is 24.7 Å². The molecule has 148 valence electrons. The molecule has 1 amide bonds. The van der Waals surface area contributed by atoms with Crippen molar-refractivity contribution in [2.24, 2.45) is 0 Å². The first-order chi connectivity index (χ1) is 13.4. The zero-order valence-corrected chi connectivity index (χ0v) is 16.0.